The van der Waals surface area contributed by atoms with Gasteiger partial charge < -0.3 is 5.32 Å². The number of hydrogen-bond acceptors (Lipinski definition) is 3. The summed E-state index contributed by atoms with van der Waals surface area (Å²) in [6, 6.07) is 13.3. The zero-order chi connectivity index (χ0) is 19.6. The second kappa shape index (κ2) is 7.43. The third kappa shape index (κ3) is 4.13. The predicted molar refractivity (Wildman–Crippen MR) is 100 cm³/mol. The molecular weight excluding hydrogens is 397 g/mol. The van der Waals surface area contributed by atoms with E-state index >= 15 is 0 Å². The predicted octanol–water partition coefficient (Wildman–Crippen LogP) is 6.12. The Morgan fingerprint density at radius 3 is 2.59 bits per heavy atom. The van der Waals surface area contributed by atoms with Gasteiger partial charge in [-0.1, -0.05) is 35.9 Å². The topological polar surface area (TPSA) is 52.9 Å². The molecular formula is C19H10ClF3N2OS. The van der Waals surface area contributed by atoms with E-state index in [-0.39, 0.29) is 11.3 Å². The molecule has 0 fully saturated rings. The summed E-state index contributed by atoms with van der Waals surface area (Å²) in [6.07, 6.45) is -3.20. The van der Waals surface area contributed by atoms with Crippen LogP contribution in [-0.4, -0.2) is 5.91 Å². The van der Waals surface area contributed by atoms with Gasteiger partial charge in [0.25, 0.3) is 5.91 Å². The molecule has 0 spiro atoms. The van der Waals surface area contributed by atoms with Crippen molar-refractivity contribution < 1.29 is 18.0 Å². The standard InChI is InChI=1S/C19H10ClF3N2OS/c20-17-14-6-1-2-7-15(14)27-16(17)8-11(10-24)18(26)25-13-5-3-4-12(9-13)19(21,22)23/h1-9H,(H,25,26)/b11-8-. The molecule has 0 saturated heterocycles. The largest absolute Gasteiger partial charge is 0.416 e. The monoisotopic (exact) mass is 406 g/mol. The Kier molecular flexibility index (Phi) is 5.22. The van der Waals surface area contributed by atoms with E-state index in [0.29, 0.717) is 9.90 Å². The van der Waals surface area contributed by atoms with E-state index in [9.17, 15) is 23.2 Å². The number of carbonyl (C=O) groups excluding carboxylic acids is 1. The number of benzene rings is 2. The van der Waals surface area contributed by atoms with Crippen LogP contribution in [0.3, 0.4) is 0 Å². The highest BCUT2D eigenvalue weighted by molar-refractivity contribution is 7.20. The van der Waals surface area contributed by atoms with Gasteiger partial charge in [0.15, 0.2) is 0 Å². The number of thiophene rings is 1. The molecule has 1 heterocycles. The number of alkyl halides is 3. The zero-order valence-corrected chi connectivity index (χ0v) is 15.0. The number of anilines is 1. The van der Waals surface area contributed by atoms with E-state index in [4.69, 9.17) is 11.6 Å². The summed E-state index contributed by atoms with van der Waals surface area (Å²) < 4.78 is 39.2. The first-order valence-corrected chi connectivity index (χ1v) is 8.76. The van der Waals surface area contributed by atoms with Crippen molar-refractivity contribution in [2.75, 3.05) is 5.32 Å². The minimum absolute atomic E-state index is 0.0570. The van der Waals surface area contributed by atoms with Gasteiger partial charge in [0.1, 0.15) is 11.6 Å². The van der Waals surface area contributed by atoms with Gasteiger partial charge in [0.05, 0.1) is 10.6 Å². The lowest BCUT2D eigenvalue weighted by Crippen LogP contribution is -2.14. The Morgan fingerprint density at radius 2 is 1.93 bits per heavy atom. The van der Waals surface area contributed by atoms with Crippen molar-refractivity contribution in [1.29, 1.82) is 5.26 Å². The number of hydrogen-bond donors (Lipinski definition) is 1. The molecule has 1 aromatic heterocycles. The average Bonchev–Trinajstić information content (AvgIpc) is 2.95. The van der Waals surface area contributed by atoms with Gasteiger partial charge in [-0.2, -0.15) is 18.4 Å². The normalized spacial score (nSPS) is 12.0. The SMILES string of the molecule is N#C/C(=C/c1sc2ccccc2c1Cl)C(=O)Nc1cccc(C(F)(F)F)c1. The molecule has 3 rings (SSSR count). The van der Waals surface area contributed by atoms with Crippen LogP contribution in [0.5, 0.6) is 0 Å². The van der Waals surface area contributed by atoms with Crippen molar-refractivity contribution >= 4 is 50.7 Å². The van der Waals surface area contributed by atoms with E-state index in [1.807, 2.05) is 24.3 Å². The quantitative estimate of drug-likeness (QED) is 0.421. The Bertz CT molecular complexity index is 1100. The van der Waals surface area contributed by atoms with Crippen molar-refractivity contribution in [3.63, 3.8) is 0 Å². The van der Waals surface area contributed by atoms with Crippen LogP contribution in [0, 0.1) is 11.3 Å². The number of nitrogens with zero attached hydrogens (tertiary/aromatic N) is 1. The van der Waals surface area contributed by atoms with Crippen LogP contribution in [0.2, 0.25) is 5.02 Å². The number of amides is 1. The van der Waals surface area contributed by atoms with Gasteiger partial charge in [-0.15, -0.1) is 11.3 Å². The molecule has 8 heteroatoms. The Balaban J connectivity index is 1.89. The van der Waals surface area contributed by atoms with Crippen molar-refractivity contribution in [2.24, 2.45) is 0 Å². The smallest absolute Gasteiger partial charge is 0.321 e. The maximum atomic E-state index is 12.8. The van der Waals surface area contributed by atoms with Gasteiger partial charge in [-0.3, -0.25) is 4.79 Å². The van der Waals surface area contributed by atoms with Crippen LogP contribution in [0.15, 0.2) is 54.1 Å². The number of nitriles is 1. The van der Waals surface area contributed by atoms with Gasteiger partial charge in [-0.05, 0) is 30.3 Å². The molecule has 0 aliphatic carbocycles. The van der Waals surface area contributed by atoms with Crippen LogP contribution < -0.4 is 5.32 Å². The van der Waals surface area contributed by atoms with E-state index < -0.39 is 17.6 Å². The molecule has 1 N–H and O–H groups in total. The summed E-state index contributed by atoms with van der Waals surface area (Å²) in [5, 5.41) is 12.8. The summed E-state index contributed by atoms with van der Waals surface area (Å²) in [4.78, 5) is 12.8. The van der Waals surface area contributed by atoms with Crippen LogP contribution in [-0.2, 0) is 11.0 Å². The lowest BCUT2D eigenvalue weighted by atomic mass is 10.1. The van der Waals surface area contributed by atoms with Crippen molar-refractivity contribution in [3.05, 3.63) is 69.6 Å². The van der Waals surface area contributed by atoms with Crippen LogP contribution in [0.25, 0.3) is 16.2 Å². The molecule has 0 radical (unpaired) electrons. The van der Waals surface area contributed by atoms with E-state index in [2.05, 4.69) is 5.32 Å². The van der Waals surface area contributed by atoms with Crippen LogP contribution >= 0.6 is 22.9 Å². The summed E-state index contributed by atoms with van der Waals surface area (Å²) in [5.74, 6) is -0.814. The maximum absolute atomic E-state index is 12.8. The molecule has 0 bridgehead atoms. The number of nitrogens with one attached hydrogen (secondary N) is 1. The molecule has 0 aliphatic heterocycles. The Hall–Kier alpha value is -2.82. The van der Waals surface area contributed by atoms with Crippen molar-refractivity contribution in [1.82, 2.24) is 0 Å². The lowest BCUT2D eigenvalue weighted by Gasteiger charge is -2.09. The van der Waals surface area contributed by atoms with Crippen molar-refractivity contribution in [3.8, 4) is 6.07 Å². The summed E-state index contributed by atoms with van der Waals surface area (Å²) in [6.45, 7) is 0. The first kappa shape index (κ1) is 19.0. The van der Waals surface area contributed by atoms with E-state index in [0.717, 1.165) is 22.2 Å². The summed E-state index contributed by atoms with van der Waals surface area (Å²) in [7, 11) is 0. The molecule has 136 valence electrons. The Morgan fingerprint density at radius 1 is 1.19 bits per heavy atom. The summed E-state index contributed by atoms with van der Waals surface area (Å²) in [5.41, 5.74) is -1.21. The second-order valence-corrected chi connectivity index (χ2v) is 6.94. The van der Waals surface area contributed by atoms with Gasteiger partial charge in [0, 0.05) is 20.7 Å². The molecule has 2 aromatic carbocycles. The molecule has 0 aliphatic rings. The number of rotatable bonds is 3. The number of carbonyl (C=O) groups is 1. The molecule has 0 saturated carbocycles. The van der Waals surface area contributed by atoms with Crippen molar-refractivity contribution in [2.45, 2.75) is 6.18 Å². The van der Waals surface area contributed by atoms with Crippen LogP contribution in [0.1, 0.15) is 10.4 Å². The first-order valence-electron chi connectivity index (χ1n) is 7.57. The zero-order valence-electron chi connectivity index (χ0n) is 13.5. The molecule has 3 aromatic rings. The molecule has 0 atom stereocenters. The first-order chi connectivity index (χ1) is 12.8. The van der Waals surface area contributed by atoms with Crippen LogP contribution in [0.4, 0.5) is 18.9 Å². The third-order valence-corrected chi connectivity index (χ3v) is 5.29. The van der Waals surface area contributed by atoms with Gasteiger partial charge in [-0.25, -0.2) is 0 Å². The maximum Gasteiger partial charge on any atom is 0.416 e. The fraction of sp³-hybridized carbons (Fsp3) is 0.0526. The van der Waals surface area contributed by atoms with E-state index in [1.54, 1.807) is 6.07 Å². The average molecular weight is 407 g/mol. The third-order valence-electron chi connectivity index (χ3n) is 3.65. The lowest BCUT2D eigenvalue weighted by molar-refractivity contribution is -0.137. The highest BCUT2D eigenvalue weighted by atomic mass is 35.5. The van der Waals surface area contributed by atoms with Gasteiger partial charge in [0.2, 0.25) is 0 Å². The second-order valence-electron chi connectivity index (χ2n) is 5.48. The fourth-order valence-electron chi connectivity index (χ4n) is 2.38. The molecule has 0 unspecified atom stereocenters. The highest BCUT2D eigenvalue weighted by Gasteiger charge is 2.30. The molecule has 1 amide bonds. The summed E-state index contributed by atoms with van der Waals surface area (Å²) >= 11 is 7.60. The number of halogens is 4. The van der Waals surface area contributed by atoms with E-state index in [1.165, 1.54) is 29.5 Å². The fourth-order valence-corrected chi connectivity index (χ4v) is 3.81. The Labute approximate surface area is 161 Å². The molecule has 3 nitrogen and oxygen atoms in total. The highest BCUT2D eigenvalue weighted by Crippen LogP contribution is 2.36. The minimum atomic E-state index is -4.53. The minimum Gasteiger partial charge on any atom is -0.321 e. The van der Waals surface area contributed by atoms with Gasteiger partial charge >= 0.3 is 6.18 Å². The number of fused-ring (bicyclic) bond motifs is 1. The molecule has 27 heavy (non-hydrogen) atoms.